The molecular formula is C24H29NO7. The SMILES string of the molecule is CO[C@H](CC/C=C/C(=O)O)[C@H](OC(=O)Nc1ccc(C)cc1)c1ccccc1OCCO. The molecule has 8 nitrogen and oxygen atoms in total. The van der Waals surface area contributed by atoms with Crippen molar-refractivity contribution in [1.82, 2.24) is 0 Å². The average Bonchev–Trinajstić information content (AvgIpc) is 2.78. The molecule has 0 heterocycles. The van der Waals surface area contributed by atoms with E-state index in [1.807, 2.05) is 19.1 Å². The highest BCUT2D eigenvalue weighted by atomic mass is 16.6. The number of ether oxygens (including phenoxy) is 3. The van der Waals surface area contributed by atoms with E-state index in [4.69, 9.17) is 24.4 Å². The Bertz CT molecular complexity index is 895. The fourth-order valence-electron chi connectivity index (χ4n) is 3.08. The Labute approximate surface area is 187 Å². The van der Waals surface area contributed by atoms with E-state index < -0.39 is 24.3 Å². The van der Waals surface area contributed by atoms with Crippen molar-refractivity contribution < 1.29 is 34.0 Å². The van der Waals surface area contributed by atoms with Crippen molar-refractivity contribution in [2.45, 2.75) is 32.0 Å². The lowest BCUT2D eigenvalue weighted by atomic mass is 9.99. The van der Waals surface area contributed by atoms with Gasteiger partial charge < -0.3 is 24.4 Å². The van der Waals surface area contributed by atoms with Gasteiger partial charge in [0.05, 0.1) is 12.7 Å². The molecule has 2 aromatic rings. The van der Waals surface area contributed by atoms with Crippen LogP contribution in [0.15, 0.2) is 60.7 Å². The number of carboxylic acid groups (broad SMARTS) is 1. The van der Waals surface area contributed by atoms with Crippen molar-refractivity contribution in [1.29, 1.82) is 0 Å². The van der Waals surface area contributed by atoms with Gasteiger partial charge >= 0.3 is 12.1 Å². The van der Waals surface area contributed by atoms with Crippen LogP contribution in [0.3, 0.4) is 0 Å². The minimum Gasteiger partial charge on any atom is -0.491 e. The van der Waals surface area contributed by atoms with E-state index in [1.54, 1.807) is 36.4 Å². The number of aryl methyl sites for hydroxylation is 1. The first-order valence-corrected chi connectivity index (χ1v) is 10.2. The van der Waals surface area contributed by atoms with Crippen LogP contribution in [0.1, 0.15) is 30.1 Å². The minimum absolute atomic E-state index is 0.0816. The predicted molar refractivity (Wildman–Crippen MR) is 120 cm³/mol. The van der Waals surface area contributed by atoms with Crippen LogP contribution in [0.25, 0.3) is 0 Å². The molecule has 0 saturated heterocycles. The number of carbonyl (C=O) groups excluding carboxylic acids is 1. The third-order valence-electron chi connectivity index (χ3n) is 4.63. The Hall–Kier alpha value is -3.36. The third kappa shape index (κ3) is 8.05. The van der Waals surface area contributed by atoms with Crippen LogP contribution >= 0.6 is 0 Å². The zero-order valence-corrected chi connectivity index (χ0v) is 18.2. The van der Waals surface area contributed by atoms with Crippen LogP contribution in [0.2, 0.25) is 0 Å². The largest absolute Gasteiger partial charge is 0.491 e. The average molecular weight is 443 g/mol. The van der Waals surface area contributed by atoms with E-state index in [0.717, 1.165) is 11.6 Å². The maximum absolute atomic E-state index is 12.7. The molecule has 0 aliphatic carbocycles. The molecule has 0 saturated carbocycles. The number of aliphatic hydroxyl groups is 1. The Kier molecular flexibility index (Phi) is 10.2. The number of nitrogens with one attached hydrogen (secondary N) is 1. The number of anilines is 1. The molecule has 172 valence electrons. The summed E-state index contributed by atoms with van der Waals surface area (Å²) in [6, 6.07) is 14.3. The molecule has 32 heavy (non-hydrogen) atoms. The van der Waals surface area contributed by atoms with Gasteiger partial charge in [0.1, 0.15) is 12.4 Å². The van der Waals surface area contributed by atoms with Gasteiger partial charge in [0.15, 0.2) is 6.10 Å². The molecule has 0 fully saturated rings. The fraction of sp³-hybridized carbons (Fsp3) is 0.333. The quantitative estimate of drug-likeness (QED) is 0.423. The lowest BCUT2D eigenvalue weighted by Crippen LogP contribution is -2.28. The number of aliphatic carboxylic acids is 1. The predicted octanol–water partition coefficient (Wildman–Crippen LogP) is 4.09. The summed E-state index contributed by atoms with van der Waals surface area (Å²) < 4.78 is 17.0. The Morgan fingerprint density at radius 1 is 1.12 bits per heavy atom. The number of allylic oxidation sites excluding steroid dienone is 1. The van der Waals surface area contributed by atoms with Crippen LogP contribution in [0.5, 0.6) is 5.75 Å². The summed E-state index contributed by atoms with van der Waals surface area (Å²) >= 11 is 0. The van der Waals surface area contributed by atoms with Crippen molar-refractivity contribution in [3.8, 4) is 5.75 Å². The zero-order valence-electron chi connectivity index (χ0n) is 18.2. The number of para-hydroxylation sites is 1. The standard InChI is InChI=1S/C24H29NO7/c1-17-11-13-18(14-12-17)25-24(29)32-23(21(30-2)9-5-6-10-22(27)28)19-7-3-4-8-20(19)31-16-15-26/h3-4,6-8,10-14,21,23,26H,5,9,15-16H2,1-2H3,(H,25,29)(H,27,28)/b10-6+/t21-,23-/m1/s1. The molecule has 2 atom stereocenters. The van der Waals surface area contributed by atoms with Gasteiger partial charge in [-0.25, -0.2) is 9.59 Å². The second kappa shape index (κ2) is 13.1. The Morgan fingerprint density at radius 3 is 2.50 bits per heavy atom. The Balaban J connectivity index is 2.25. The van der Waals surface area contributed by atoms with Crippen molar-refractivity contribution >= 4 is 17.7 Å². The summed E-state index contributed by atoms with van der Waals surface area (Å²) in [5.41, 5.74) is 2.22. The smallest absolute Gasteiger partial charge is 0.412 e. The monoisotopic (exact) mass is 443 g/mol. The molecule has 0 unspecified atom stereocenters. The molecule has 1 amide bonds. The maximum atomic E-state index is 12.7. The first-order chi connectivity index (χ1) is 15.4. The van der Waals surface area contributed by atoms with Crippen molar-refractivity contribution in [2.75, 3.05) is 25.6 Å². The van der Waals surface area contributed by atoms with Crippen LogP contribution < -0.4 is 10.1 Å². The van der Waals surface area contributed by atoms with Gasteiger partial charge in [-0.15, -0.1) is 0 Å². The molecule has 0 bridgehead atoms. The van der Waals surface area contributed by atoms with Gasteiger partial charge in [-0.2, -0.15) is 0 Å². The maximum Gasteiger partial charge on any atom is 0.412 e. The number of methoxy groups -OCH3 is 1. The molecular weight excluding hydrogens is 414 g/mol. The highest BCUT2D eigenvalue weighted by molar-refractivity contribution is 5.84. The minimum atomic E-state index is -1.04. The van der Waals surface area contributed by atoms with Crippen LogP contribution in [-0.2, 0) is 14.3 Å². The van der Waals surface area contributed by atoms with Gasteiger partial charge in [0, 0.05) is 24.4 Å². The molecule has 2 aromatic carbocycles. The van der Waals surface area contributed by atoms with Crippen LogP contribution in [0.4, 0.5) is 10.5 Å². The third-order valence-corrected chi connectivity index (χ3v) is 4.63. The normalized spacial score (nSPS) is 12.8. The number of aliphatic hydroxyl groups excluding tert-OH is 1. The van der Waals surface area contributed by atoms with E-state index >= 15 is 0 Å². The van der Waals surface area contributed by atoms with E-state index in [-0.39, 0.29) is 13.2 Å². The molecule has 0 aliphatic heterocycles. The summed E-state index contributed by atoms with van der Waals surface area (Å²) in [5, 5.41) is 20.6. The number of rotatable bonds is 12. The summed E-state index contributed by atoms with van der Waals surface area (Å²) in [6.07, 6.45) is 1.31. The van der Waals surface area contributed by atoms with Crippen molar-refractivity contribution in [3.63, 3.8) is 0 Å². The molecule has 0 aliphatic rings. The highest BCUT2D eigenvalue weighted by Crippen LogP contribution is 2.33. The topological polar surface area (TPSA) is 114 Å². The second-order valence-electron chi connectivity index (χ2n) is 7.02. The second-order valence-corrected chi connectivity index (χ2v) is 7.02. The summed E-state index contributed by atoms with van der Waals surface area (Å²) in [6.45, 7) is 1.86. The number of benzene rings is 2. The van der Waals surface area contributed by atoms with Gasteiger partial charge in [-0.3, -0.25) is 5.32 Å². The number of carbonyl (C=O) groups is 2. The lowest BCUT2D eigenvalue weighted by Gasteiger charge is -2.27. The zero-order chi connectivity index (χ0) is 23.3. The molecule has 0 spiro atoms. The van der Waals surface area contributed by atoms with Crippen LogP contribution in [0, 0.1) is 6.92 Å². The summed E-state index contributed by atoms with van der Waals surface area (Å²) in [7, 11) is 1.50. The lowest BCUT2D eigenvalue weighted by molar-refractivity contribution is -0.131. The number of hydrogen-bond donors (Lipinski definition) is 3. The van der Waals surface area contributed by atoms with Gasteiger partial charge in [-0.05, 0) is 38.0 Å². The fourth-order valence-corrected chi connectivity index (χ4v) is 3.08. The number of hydrogen-bond acceptors (Lipinski definition) is 6. The summed E-state index contributed by atoms with van der Waals surface area (Å²) in [5.74, 6) is -0.579. The van der Waals surface area contributed by atoms with E-state index in [2.05, 4.69) is 5.32 Å². The summed E-state index contributed by atoms with van der Waals surface area (Å²) in [4.78, 5) is 23.4. The molecule has 8 heteroatoms. The van der Waals surface area contributed by atoms with Gasteiger partial charge in [-0.1, -0.05) is 42.0 Å². The van der Waals surface area contributed by atoms with Crippen LogP contribution in [-0.4, -0.2) is 48.7 Å². The van der Waals surface area contributed by atoms with Gasteiger partial charge in [0.25, 0.3) is 0 Å². The number of amides is 1. The molecule has 0 aromatic heterocycles. The van der Waals surface area contributed by atoms with E-state index in [1.165, 1.54) is 13.2 Å². The van der Waals surface area contributed by atoms with E-state index in [0.29, 0.717) is 29.8 Å². The first-order valence-electron chi connectivity index (χ1n) is 10.2. The van der Waals surface area contributed by atoms with Gasteiger partial charge in [0.2, 0.25) is 0 Å². The molecule has 3 N–H and O–H groups in total. The highest BCUT2D eigenvalue weighted by Gasteiger charge is 2.29. The molecule has 2 rings (SSSR count). The first kappa shape index (κ1) is 24.9. The number of carboxylic acids is 1. The van der Waals surface area contributed by atoms with Crippen molar-refractivity contribution in [3.05, 3.63) is 71.8 Å². The van der Waals surface area contributed by atoms with E-state index in [9.17, 15) is 9.59 Å². The van der Waals surface area contributed by atoms with Crippen molar-refractivity contribution in [2.24, 2.45) is 0 Å². The Morgan fingerprint density at radius 2 is 1.84 bits per heavy atom. The molecule has 0 radical (unpaired) electrons.